The van der Waals surface area contributed by atoms with Crippen LogP contribution in [0, 0.1) is 46.3 Å². The molecule has 0 radical (unpaired) electrons. The van der Waals surface area contributed by atoms with Gasteiger partial charge in [0.05, 0.1) is 6.26 Å². The Hall–Kier alpha value is -0.170. The molecule has 0 saturated heterocycles. The number of nitrogens with two attached hydrogens (primary N) is 1. The third-order valence-corrected chi connectivity index (χ3v) is 11.4. The van der Waals surface area contributed by atoms with E-state index in [0.29, 0.717) is 35.3 Å². The van der Waals surface area contributed by atoms with Gasteiger partial charge in [0.2, 0.25) is 10.0 Å². The molecule has 5 nitrogen and oxygen atoms in total. The van der Waals surface area contributed by atoms with E-state index in [0.717, 1.165) is 36.8 Å². The van der Waals surface area contributed by atoms with Crippen LogP contribution in [-0.2, 0) is 10.0 Å². The summed E-state index contributed by atoms with van der Waals surface area (Å²) < 4.78 is 26.0. The van der Waals surface area contributed by atoms with Gasteiger partial charge in [0.15, 0.2) is 0 Å². The van der Waals surface area contributed by atoms with Gasteiger partial charge in [0, 0.05) is 25.7 Å². The Morgan fingerprint density at radius 3 is 2.42 bits per heavy atom. The Labute approximate surface area is 191 Å². The maximum atomic E-state index is 11.6. The highest BCUT2D eigenvalue weighted by molar-refractivity contribution is 7.88. The summed E-state index contributed by atoms with van der Waals surface area (Å²) in [7, 11) is -3.11. The molecule has 0 aromatic rings. The number of hydrogen-bond acceptors (Lipinski definition) is 4. The molecule has 0 aromatic carbocycles. The lowest BCUT2D eigenvalue weighted by Gasteiger charge is -2.61. The molecular weight excluding hydrogens is 406 g/mol. The molecule has 180 valence electrons. The topological polar surface area (TPSA) is 84.2 Å². The fraction of sp³-hybridized carbons (Fsp3) is 1.00. The Bertz CT molecular complexity index is 743. The molecule has 4 rings (SSSR count). The van der Waals surface area contributed by atoms with Gasteiger partial charge >= 0.3 is 0 Å². The molecule has 0 aliphatic heterocycles. The summed E-state index contributed by atoms with van der Waals surface area (Å²) in [6.07, 6.45) is 13.5. The molecule has 4 N–H and O–H groups in total. The highest BCUT2D eigenvalue weighted by Crippen LogP contribution is 2.68. The second-order valence-electron chi connectivity index (χ2n) is 12.2. The zero-order valence-electron chi connectivity index (χ0n) is 20.3. The molecule has 6 heteroatoms. The summed E-state index contributed by atoms with van der Waals surface area (Å²) in [5, 5.41) is 3.70. The summed E-state index contributed by atoms with van der Waals surface area (Å²) in [6, 6.07) is 0.672. The highest BCUT2D eigenvalue weighted by atomic mass is 32.2. The van der Waals surface area contributed by atoms with E-state index in [1.807, 2.05) is 0 Å². The zero-order chi connectivity index (χ0) is 22.4. The van der Waals surface area contributed by atoms with E-state index in [-0.39, 0.29) is 0 Å². The van der Waals surface area contributed by atoms with Crippen molar-refractivity contribution in [2.45, 2.75) is 84.6 Å². The molecule has 4 saturated carbocycles. The molecule has 0 spiro atoms. The molecular formula is C25H47N3O2S. The molecule has 4 aliphatic rings. The van der Waals surface area contributed by atoms with Crippen LogP contribution in [0.15, 0.2) is 0 Å². The first-order valence-corrected chi connectivity index (χ1v) is 14.9. The molecule has 31 heavy (non-hydrogen) atoms. The van der Waals surface area contributed by atoms with E-state index in [1.54, 1.807) is 0 Å². The van der Waals surface area contributed by atoms with E-state index < -0.39 is 10.0 Å². The standard InChI is InChI=1S/C25H47N3O2S/c1-17(16-28-31(4,29)30)21-7-8-22-20-6-5-18-15-19(27-14-13-26)9-11-24(18,2)23(20)10-12-25(21,22)3/h17-23,27-28H,5-16,26H2,1-4H3/t17-,18+,19-,20?,21?,22?,23?,24-,25+/m0/s1. The first-order valence-electron chi connectivity index (χ1n) is 13.0. The Balaban J connectivity index is 1.45. The highest BCUT2D eigenvalue weighted by Gasteiger charge is 2.60. The van der Waals surface area contributed by atoms with Gasteiger partial charge in [-0.25, -0.2) is 13.1 Å². The minimum Gasteiger partial charge on any atom is -0.329 e. The van der Waals surface area contributed by atoms with Gasteiger partial charge in [0.25, 0.3) is 0 Å². The minimum atomic E-state index is -3.11. The van der Waals surface area contributed by atoms with Crippen molar-refractivity contribution in [3.8, 4) is 0 Å². The zero-order valence-corrected chi connectivity index (χ0v) is 21.1. The second kappa shape index (κ2) is 8.88. The number of sulfonamides is 1. The monoisotopic (exact) mass is 453 g/mol. The second-order valence-corrected chi connectivity index (χ2v) is 14.0. The van der Waals surface area contributed by atoms with Crippen LogP contribution in [0.4, 0.5) is 0 Å². The average Bonchev–Trinajstić information content (AvgIpc) is 3.07. The molecule has 0 aromatic heterocycles. The van der Waals surface area contributed by atoms with Gasteiger partial charge in [0.1, 0.15) is 0 Å². The first kappa shape index (κ1) is 24.0. The SMILES string of the molecule is C[C@@H](CNS(C)(=O)=O)C1CCC2C3CC[C@@H]4C[C@@H](NCCN)CC[C@]4(C)C3CC[C@@]21C. The molecule has 0 amide bonds. The Morgan fingerprint density at radius 2 is 1.71 bits per heavy atom. The molecule has 0 bridgehead atoms. The van der Waals surface area contributed by atoms with Crippen molar-refractivity contribution in [2.24, 2.45) is 52.1 Å². The summed E-state index contributed by atoms with van der Waals surface area (Å²) in [5.41, 5.74) is 6.64. The third kappa shape index (κ3) is 4.48. The van der Waals surface area contributed by atoms with Crippen LogP contribution in [0.2, 0.25) is 0 Å². The lowest BCUT2D eigenvalue weighted by Crippen LogP contribution is -2.55. The predicted octanol–water partition coefficient (Wildman–Crippen LogP) is 3.75. The number of fused-ring (bicyclic) bond motifs is 5. The van der Waals surface area contributed by atoms with Crippen molar-refractivity contribution in [3.05, 3.63) is 0 Å². The molecule has 4 fully saturated rings. The Morgan fingerprint density at radius 1 is 1.00 bits per heavy atom. The van der Waals surface area contributed by atoms with Crippen LogP contribution < -0.4 is 15.8 Å². The third-order valence-electron chi connectivity index (χ3n) is 10.7. The van der Waals surface area contributed by atoms with Crippen molar-refractivity contribution in [1.29, 1.82) is 0 Å². The summed E-state index contributed by atoms with van der Waals surface area (Å²) >= 11 is 0. The van der Waals surface area contributed by atoms with Gasteiger partial charge in [-0.15, -0.1) is 0 Å². The fourth-order valence-electron chi connectivity index (χ4n) is 9.13. The summed E-state index contributed by atoms with van der Waals surface area (Å²) in [4.78, 5) is 0. The van der Waals surface area contributed by atoms with Crippen LogP contribution in [0.3, 0.4) is 0 Å². The van der Waals surface area contributed by atoms with E-state index in [4.69, 9.17) is 5.73 Å². The van der Waals surface area contributed by atoms with Crippen molar-refractivity contribution >= 4 is 10.0 Å². The summed E-state index contributed by atoms with van der Waals surface area (Å²) in [6.45, 7) is 9.76. The Kier molecular flexibility index (Phi) is 6.87. The van der Waals surface area contributed by atoms with Crippen LogP contribution in [-0.4, -0.2) is 40.3 Å². The van der Waals surface area contributed by atoms with Crippen LogP contribution in [0.25, 0.3) is 0 Å². The number of rotatable bonds is 7. The van der Waals surface area contributed by atoms with Crippen molar-refractivity contribution < 1.29 is 8.42 Å². The maximum Gasteiger partial charge on any atom is 0.208 e. The molecule has 4 unspecified atom stereocenters. The number of nitrogens with one attached hydrogen (secondary N) is 2. The number of hydrogen-bond donors (Lipinski definition) is 3. The van der Waals surface area contributed by atoms with Crippen LogP contribution in [0.1, 0.15) is 78.6 Å². The van der Waals surface area contributed by atoms with Gasteiger partial charge in [-0.05, 0) is 104 Å². The lowest BCUT2D eigenvalue weighted by atomic mass is 9.44. The van der Waals surface area contributed by atoms with E-state index >= 15 is 0 Å². The maximum absolute atomic E-state index is 11.6. The first-order chi connectivity index (χ1) is 14.6. The van der Waals surface area contributed by atoms with E-state index in [9.17, 15) is 8.42 Å². The largest absolute Gasteiger partial charge is 0.329 e. The van der Waals surface area contributed by atoms with Crippen molar-refractivity contribution in [3.63, 3.8) is 0 Å². The van der Waals surface area contributed by atoms with Crippen LogP contribution >= 0.6 is 0 Å². The summed E-state index contributed by atoms with van der Waals surface area (Å²) in [5.74, 6) is 4.54. The molecule has 0 heterocycles. The normalized spacial score (nSPS) is 46.1. The van der Waals surface area contributed by atoms with E-state index in [2.05, 4.69) is 30.8 Å². The quantitative estimate of drug-likeness (QED) is 0.548. The lowest BCUT2D eigenvalue weighted by molar-refractivity contribution is -0.117. The van der Waals surface area contributed by atoms with E-state index in [1.165, 1.54) is 64.0 Å². The average molecular weight is 454 g/mol. The van der Waals surface area contributed by atoms with Crippen molar-refractivity contribution in [2.75, 3.05) is 25.9 Å². The fourth-order valence-corrected chi connectivity index (χ4v) is 9.70. The molecule has 9 atom stereocenters. The van der Waals surface area contributed by atoms with Gasteiger partial charge in [-0.1, -0.05) is 20.8 Å². The van der Waals surface area contributed by atoms with Gasteiger partial charge in [-0.2, -0.15) is 0 Å². The smallest absolute Gasteiger partial charge is 0.208 e. The van der Waals surface area contributed by atoms with Crippen molar-refractivity contribution in [1.82, 2.24) is 10.0 Å². The predicted molar refractivity (Wildman–Crippen MR) is 128 cm³/mol. The minimum absolute atomic E-state index is 0.392. The van der Waals surface area contributed by atoms with Crippen LogP contribution in [0.5, 0.6) is 0 Å². The van der Waals surface area contributed by atoms with Gasteiger partial charge in [-0.3, -0.25) is 0 Å². The van der Waals surface area contributed by atoms with Gasteiger partial charge < -0.3 is 11.1 Å². The molecule has 4 aliphatic carbocycles.